The summed E-state index contributed by atoms with van der Waals surface area (Å²) in [6, 6.07) is 3.62. The molecule has 98 valence electrons. The van der Waals surface area contributed by atoms with E-state index in [2.05, 4.69) is 36.2 Å². The van der Waals surface area contributed by atoms with Crippen LogP contribution >= 0.6 is 15.9 Å². The SMILES string of the molecule is CC(=O)c1ccc(CNc2ncc(Br)cn2)nc1C. The maximum absolute atomic E-state index is 11.3. The van der Waals surface area contributed by atoms with Crippen LogP contribution in [-0.2, 0) is 6.54 Å². The highest BCUT2D eigenvalue weighted by atomic mass is 79.9. The number of aryl methyl sites for hydroxylation is 1. The van der Waals surface area contributed by atoms with Gasteiger partial charge >= 0.3 is 0 Å². The normalized spacial score (nSPS) is 10.3. The average molecular weight is 321 g/mol. The van der Waals surface area contributed by atoms with Gasteiger partial charge in [0.15, 0.2) is 5.78 Å². The van der Waals surface area contributed by atoms with E-state index in [1.54, 1.807) is 18.5 Å². The lowest BCUT2D eigenvalue weighted by molar-refractivity contribution is 0.101. The van der Waals surface area contributed by atoms with Gasteiger partial charge in [-0.15, -0.1) is 0 Å². The highest BCUT2D eigenvalue weighted by Gasteiger charge is 2.06. The van der Waals surface area contributed by atoms with Crippen LogP contribution in [0, 0.1) is 6.92 Å². The lowest BCUT2D eigenvalue weighted by atomic mass is 10.1. The number of carbonyl (C=O) groups is 1. The third-order valence-electron chi connectivity index (χ3n) is 2.57. The number of ketones is 1. The van der Waals surface area contributed by atoms with Crippen LogP contribution in [0.1, 0.15) is 28.7 Å². The Labute approximate surface area is 119 Å². The fourth-order valence-electron chi connectivity index (χ4n) is 1.66. The standard InChI is InChI=1S/C13H13BrN4O/c1-8-12(9(2)19)4-3-11(18-8)7-17-13-15-5-10(14)6-16-13/h3-6H,7H2,1-2H3,(H,15,16,17). The number of nitrogens with one attached hydrogen (secondary N) is 1. The summed E-state index contributed by atoms with van der Waals surface area (Å²) < 4.78 is 0.831. The van der Waals surface area contributed by atoms with E-state index in [-0.39, 0.29) is 5.78 Å². The highest BCUT2D eigenvalue weighted by molar-refractivity contribution is 9.10. The summed E-state index contributed by atoms with van der Waals surface area (Å²) in [6.07, 6.45) is 3.35. The molecular formula is C13H13BrN4O. The lowest BCUT2D eigenvalue weighted by Gasteiger charge is -2.07. The molecular weight excluding hydrogens is 308 g/mol. The minimum absolute atomic E-state index is 0.0285. The van der Waals surface area contributed by atoms with Gasteiger partial charge in [-0.3, -0.25) is 9.78 Å². The quantitative estimate of drug-likeness (QED) is 0.877. The number of hydrogen-bond donors (Lipinski definition) is 1. The number of pyridine rings is 1. The average Bonchev–Trinajstić information content (AvgIpc) is 2.37. The van der Waals surface area contributed by atoms with Crippen molar-refractivity contribution >= 4 is 27.7 Å². The Morgan fingerprint density at radius 2 is 2.00 bits per heavy atom. The van der Waals surface area contributed by atoms with Crippen molar-refractivity contribution in [1.29, 1.82) is 0 Å². The zero-order valence-electron chi connectivity index (χ0n) is 10.6. The number of rotatable bonds is 4. The third-order valence-corrected chi connectivity index (χ3v) is 2.98. The van der Waals surface area contributed by atoms with Gasteiger partial charge in [-0.25, -0.2) is 9.97 Å². The van der Waals surface area contributed by atoms with Gasteiger partial charge in [0, 0.05) is 23.7 Å². The molecule has 0 amide bonds. The summed E-state index contributed by atoms with van der Waals surface area (Å²) in [5.41, 5.74) is 2.24. The fourth-order valence-corrected chi connectivity index (χ4v) is 1.86. The molecule has 0 bridgehead atoms. The van der Waals surface area contributed by atoms with Crippen molar-refractivity contribution in [2.45, 2.75) is 20.4 Å². The molecule has 0 aliphatic carbocycles. The van der Waals surface area contributed by atoms with Crippen LogP contribution in [-0.4, -0.2) is 20.7 Å². The molecule has 0 saturated heterocycles. The van der Waals surface area contributed by atoms with Gasteiger partial charge in [-0.05, 0) is 41.9 Å². The molecule has 0 atom stereocenters. The smallest absolute Gasteiger partial charge is 0.222 e. The summed E-state index contributed by atoms with van der Waals surface area (Å²) in [7, 11) is 0. The number of halogens is 1. The second-order valence-electron chi connectivity index (χ2n) is 4.07. The predicted molar refractivity (Wildman–Crippen MR) is 76.0 cm³/mol. The number of carbonyl (C=O) groups excluding carboxylic acids is 1. The van der Waals surface area contributed by atoms with Crippen molar-refractivity contribution in [2.75, 3.05) is 5.32 Å². The van der Waals surface area contributed by atoms with Gasteiger partial charge in [-0.1, -0.05) is 0 Å². The molecule has 0 aromatic carbocycles. The molecule has 0 aliphatic heterocycles. The van der Waals surface area contributed by atoms with Gasteiger partial charge < -0.3 is 5.32 Å². The Bertz CT molecular complexity index is 598. The van der Waals surface area contributed by atoms with Crippen LogP contribution in [0.4, 0.5) is 5.95 Å². The van der Waals surface area contributed by atoms with Crippen molar-refractivity contribution in [3.63, 3.8) is 0 Å². The number of hydrogen-bond acceptors (Lipinski definition) is 5. The van der Waals surface area contributed by atoms with Crippen LogP contribution in [0.2, 0.25) is 0 Å². The van der Waals surface area contributed by atoms with Crippen LogP contribution in [0.3, 0.4) is 0 Å². The zero-order chi connectivity index (χ0) is 13.8. The van der Waals surface area contributed by atoms with Crippen LogP contribution < -0.4 is 5.32 Å². The molecule has 0 fully saturated rings. The van der Waals surface area contributed by atoms with Gasteiger partial charge in [-0.2, -0.15) is 0 Å². The van der Waals surface area contributed by atoms with Crippen molar-refractivity contribution in [3.8, 4) is 0 Å². The topological polar surface area (TPSA) is 67.8 Å². The first-order chi connectivity index (χ1) is 9.06. The van der Waals surface area contributed by atoms with Crippen LogP contribution in [0.5, 0.6) is 0 Å². The summed E-state index contributed by atoms with van der Waals surface area (Å²) in [5.74, 6) is 0.569. The van der Waals surface area contributed by atoms with Crippen molar-refractivity contribution in [1.82, 2.24) is 15.0 Å². The number of nitrogens with zero attached hydrogens (tertiary/aromatic N) is 3. The van der Waals surface area contributed by atoms with E-state index in [4.69, 9.17) is 0 Å². The van der Waals surface area contributed by atoms with Crippen LogP contribution in [0.15, 0.2) is 29.0 Å². The van der Waals surface area contributed by atoms with Gasteiger partial charge in [0.05, 0.1) is 16.7 Å². The molecule has 2 aromatic rings. The Balaban J connectivity index is 2.06. The fraction of sp³-hybridized carbons (Fsp3) is 0.231. The molecule has 0 spiro atoms. The molecule has 1 N–H and O–H groups in total. The zero-order valence-corrected chi connectivity index (χ0v) is 12.2. The molecule has 0 radical (unpaired) electrons. The maximum atomic E-state index is 11.3. The van der Waals surface area contributed by atoms with Crippen LogP contribution in [0.25, 0.3) is 0 Å². The maximum Gasteiger partial charge on any atom is 0.222 e. The number of Topliss-reactive ketones (excluding diaryl/α,β-unsaturated/α-hetero) is 1. The first-order valence-electron chi connectivity index (χ1n) is 5.75. The number of anilines is 1. The molecule has 6 heteroatoms. The Kier molecular flexibility index (Phi) is 4.21. The highest BCUT2D eigenvalue weighted by Crippen LogP contribution is 2.10. The van der Waals surface area contributed by atoms with E-state index in [1.807, 2.05) is 13.0 Å². The van der Waals surface area contributed by atoms with Crippen molar-refractivity contribution in [2.24, 2.45) is 0 Å². The molecule has 0 unspecified atom stereocenters. The minimum Gasteiger partial charge on any atom is -0.349 e. The Hall–Kier alpha value is -1.82. The van der Waals surface area contributed by atoms with E-state index < -0.39 is 0 Å². The van der Waals surface area contributed by atoms with Crippen molar-refractivity contribution < 1.29 is 4.79 Å². The number of aromatic nitrogens is 3. The van der Waals surface area contributed by atoms with Gasteiger partial charge in [0.25, 0.3) is 0 Å². The first kappa shape index (κ1) is 13.6. The summed E-state index contributed by atoms with van der Waals surface area (Å²) >= 11 is 3.28. The van der Waals surface area contributed by atoms with E-state index in [1.165, 1.54) is 6.92 Å². The Morgan fingerprint density at radius 1 is 1.32 bits per heavy atom. The molecule has 2 aromatic heterocycles. The molecule has 0 saturated carbocycles. The monoisotopic (exact) mass is 320 g/mol. The second-order valence-corrected chi connectivity index (χ2v) is 4.99. The largest absolute Gasteiger partial charge is 0.349 e. The molecule has 2 rings (SSSR count). The molecule has 19 heavy (non-hydrogen) atoms. The summed E-state index contributed by atoms with van der Waals surface area (Å²) in [4.78, 5) is 23.9. The summed E-state index contributed by atoms with van der Waals surface area (Å²) in [6.45, 7) is 3.88. The third kappa shape index (κ3) is 3.57. The predicted octanol–water partition coefficient (Wildman–Crippen LogP) is 2.76. The summed E-state index contributed by atoms with van der Waals surface area (Å²) in [5, 5.41) is 3.07. The van der Waals surface area contributed by atoms with E-state index >= 15 is 0 Å². The molecule has 2 heterocycles. The Morgan fingerprint density at radius 3 is 2.58 bits per heavy atom. The lowest BCUT2D eigenvalue weighted by Crippen LogP contribution is -2.07. The van der Waals surface area contributed by atoms with Crippen molar-refractivity contribution in [3.05, 3.63) is 46.0 Å². The molecule has 5 nitrogen and oxygen atoms in total. The van der Waals surface area contributed by atoms with Gasteiger partial charge in [0.1, 0.15) is 0 Å². The van der Waals surface area contributed by atoms with Gasteiger partial charge in [0.2, 0.25) is 5.95 Å². The van der Waals surface area contributed by atoms with E-state index in [0.717, 1.165) is 15.9 Å². The van der Waals surface area contributed by atoms with E-state index in [9.17, 15) is 4.79 Å². The first-order valence-corrected chi connectivity index (χ1v) is 6.54. The molecule has 0 aliphatic rings. The second kappa shape index (κ2) is 5.88. The minimum atomic E-state index is 0.0285. The van der Waals surface area contributed by atoms with E-state index in [0.29, 0.717) is 18.1 Å².